The molecule has 0 aromatic heterocycles. The van der Waals surface area contributed by atoms with Crippen LogP contribution in [0.15, 0.2) is 24.3 Å². The summed E-state index contributed by atoms with van der Waals surface area (Å²) in [6.45, 7) is 4.47. The van der Waals surface area contributed by atoms with Gasteiger partial charge in [0.15, 0.2) is 0 Å². The Bertz CT molecular complexity index is 748. The number of rotatable bonds is 4. The van der Waals surface area contributed by atoms with Gasteiger partial charge < -0.3 is 24.2 Å². The Morgan fingerprint density at radius 2 is 1.84 bits per heavy atom. The summed E-state index contributed by atoms with van der Waals surface area (Å²) in [7, 11) is 2.10. The molecular weight excluding hydrogens is 412 g/mol. The van der Waals surface area contributed by atoms with Gasteiger partial charge in [0.1, 0.15) is 19.0 Å². The van der Waals surface area contributed by atoms with Crippen LogP contribution in [-0.2, 0) is 25.6 Å². The standard InChI is InChI=1S/C24H36N2O6/c1-25-13-15-30-14-5-4-8-24(19-32-21-7-3-2-6-20(21)16-25)9-11-26(12-10-24)22(27)17-31-18-23(28)29/h2-3,6-7H,4-5,8-19H2,1H3,(H,28,29). The molecule has 0 unspecified atom stereocenters. The molecule has 2 aliphatic heterocycles. The van der Waals surface area contributed by atoms with Crippen LogP contribution in [-0.4, -0.2) is 86.5 Å². The van der Waals surface area contributed by atoms with Gasteiger partial charge in [-0.05, 0) is 38.8 Å². The third kappa shape index (κ3) is 7.46. The number of ether oxygens (including phenoxy) is 3. The maximum absolute atomic E-state index is 12.4. The number of fused-ring (bicyclic) bond motifs is 1. The van der Waals surface area contributed by atoms with Gasteiger partial charge in [-0.2, -0.15) is 0 Å². The Hall–Kier alpha value is -2.16. The molecule has 1 aromatic rings. The molecule has 178 valence electrons. The second-order valence-electron chi connectivity index (χ2n) is 8.97. The Morgan fingerprint density at radius 3 is 2.62 bits per heavy atom. The molecule has 0 atom stereocenters. The van der Waals surface area contributed by atoms with Crippen LogP contribution >= 0.6 is 0 Å². The minimum Gasteiger partial charge on any atom is -0.493 e. The van der Waals surface area contributed by atoms with Crippen molar-refractivity contribution >= 4 is 11.9 Å². The summed E-state index contributed by atoms with van der Waals surface area (Å²) in [4.78, 5) is 27.0. The summed E-state index contributed by atoms with van der Waals surface area (Å²) in [5.41, 5.74) is 1.19. The number of benzene rings is 1. The van der Waals surface area contributed by atoms with E-state index >= 15 is 0 Å². The second-order valence-corrected chi connectivity index (χ2v) is 8.97. The van der Waals surface area contributed by atoms with Gasteiger partial charge in [-0.15, -0.1) is 0 Å². The number of likely N-dealkylation sites (N-methyl/N-ethyl adjacent to an activating group) is 1. The third-order valence-corrected chi connectivity index (χ3v) is 6.44. The number of para-hydroxylation sites is 1. The normalized spacial score (nSPS) is 20.7. The molecule has 0 radical (unpaired) electrons. The fourth-order valence-electron chi connectivity index (χ4n) is 4.42. The minimum atomic E-state index is -1.07. The lowest BCUT2D eigenvalue weighted by Crippen LogP contribution is -2.46. The highest BCUT2D eigenvalue weighted by Gasteiger charge is 2.36. The van der Waals surface area contributed by atoms with E-state index in [1.807, 2.05) is 18.2 Å². The molecular formula is C24H36N2O6. The first-order chi connectivity index (χ1) is 15.5. The maximum atomic E-state index is 12.4. The average Bonchev–Trinajstić information content (AvgIpc) is 2.77. The van der Waals surface area contributed by atoms with Crippen LogP contribution in [0.2, 0.25) is 0 Å². The van der Waals surface area contributed by atoms with E-state index in [-0.39, 0.29) is 17.9 Å². The van der Waals surface area contributed by atoms with Gasteiger partial charge >= 0.3 is 5.97 Å². The molecule has 3 rings (SSSR count). The van der Waals surface area contributed by atoms with Gasteiger partial charge in [0.05, 0.1) is 13.2 Å². The molecule has 32 heavy (non-hydrogen) atoms. The zero-order valence-corrected chi connectivity index (χ0v) is 19.1. The first-order valence-corrected chi connectivity index (χ1v) is 11.5. The lowest BCUT2D eigenvalue weighted by molar-refractivity contribution is -0.146. The Morgan fingerprint density at radius 1 is 1.06 bits per heavy atom. The number of amides is 1. The number of carbonyl (C=O) groups excluding carboxylic acids is 1. The van der Waals surface area contributed by atoms with Gasteiger partial charge in [0.2, 0.25) is 5.91 Å². The first-order valence-electron chi connectivity index (χ1n) is 11.5. The number of carboxylic acids is 1. The van der Waals surface area contributed by atoms with E-state index in [0.717, 1.165) is 64.2 Å². The molecule has 1 N–H and O–H groups in total. The van der Waals surface area contributed by atoms with Gasteiger partial charge in [0.25, 0.3) is 0 Å². The third-order valence-electron chi connectivity index (χ3n) is 6.44. The van der Waals surface area contributed by atoms with Crippen molar-refractivity contribution in [2.45, 2.75) is 38.6 Å². The van der Waals surface area contributed by atoms with E-state index in [0.29, 0.717) is 19.7 Å². The fraction of sp³-hybridized carbons (Fsp3) is 0.667. The number of carbonyl (C=O) groups is 2. The molecule has 0 saturated carbocycles. The van der Waals surface area contributed by atoms with E-state index < -0.39 is 12.6 Å². The van der Waals surface area contributed by atoms with Crippen LogP contribution in [0.3, 0.4) is 0 Å². The van der Waals surface area contributed by atoms with E-state index in [1.165, 1.54) is 5.56 Å². The number of nitrogens with zero attached hydrogens (tertiary/aromatic N) is 2. The molecule has 0 bridgehead atoms. The molecule has 2 aliphatic rings. The summed E-state index contributed by atoms with van der Waals surface area (Å²) in [6, 6.07) is 8.21. The van der Waals surface area contributed by atoms with E-state index in [2.05, 4.69) is 18.0 Å². The van der Waals surface area contributed by atoms with Crippen molar-refractivity contribution in [2.75, 3.05) is 59.7 Å². The van der Waals surface area contributed by atoms with Crippen LogP contribution < -0.4 is 4.74 Å². The van der Waals surface area contributed by atoms with E-state index in [4.69, 9.17) is 19.3 Å². The van der Waals surface area contributed by atoms with Gasteiger partial charge in [-0.3, -0.25) is 9.69 Å². The van der Waals surface area contributed by atoms with Gasteiger partial charge in [-0.25, -0.2) is 4.79 Å². The van der Waals surface area contributed by atoms with Crippen molar-refractivity contribution in [1.82, 2.24) is 9.80 Å². The largest absolute Gasteiger partial charge is 0.493 e. The number of carboxylic acid groups (broad SMARTS) is 1. The highest BCUT2D eigenvalue weighted by molar-refractivity contribution is 5.78. The minimum absolute atomic E-state index is 0.0157. The molecule has 1 aromatic carbocycles. The summed E-state index contributed by atoms with van der Waals surface area (Å²) in [5.74, 6) is -0.287. The molecule has 8 nitrogen and oxygen atoms in total. The van der Waals surface area contributed by atoms with E-state index in [1.54, 1.807) is 4.90 Å². The van der Waals surface area contributed by atoms with Crippen LogP contribution in [0.1, 0.15) is 37.7 Å². The maximum Gasteiger partial charge on any atom is 0.329 e. The van der Waals surface area contributed by atoms with Crippen molar-refractivity contribution in [3.8, 4) is 5.75 Å². The highest BCUT2D eigenvalue weighted by Crippen LogP contribution is 2.38. The Balaban J connectivity index is 1.63. The molecule has 1 saturated heterocycles. The molecule has 8 heteroatoms. The smallest absolute Gasteiger partial charge is 0.329 e. The number of likely N-dealkylation sites (tertiary alicyclic amines) is 1. The molecule has 1 amide bonds. The first kappa shape index (κ1) is 24.5. The van der Waals surface area contributed by atoms with Crippen molar-refractivity contribution in [3.05, 3.63) is 29.8 Å². The lowest BCUT2D eigenvalue weighted by Gasteiger charge is -2.42. The van der Waals surface area contributed by atoms with Crippen LogP contribution in [0.5, 0.6) is 5.75 Å². The zero-order chi connectivity index (χ0) is 22.8. The van der Waals surface area contributed by atoms with Crippen LogP contribution in [0.4, 0.5) is 0 Å². The number of aliphatic carboxylic acids is 1. The van der Waals surface area contributed by atoms with Crippen molar-refractivity contribution < 1.29 is 28.9 Å². The summed E-state index contributed by atoms with van der Waals surface area (Å²) in [6.07, 6.45) is 4.85. The summed E-state index contributed by atoms with van der Waals surface area (Å²) >= 11 is 0. The average molecular weight is 449 g/mol. The number of piperidine rings is 1. The monoisotopic (exact) mass is 448 g/mol. The molecule has 0 aliphatic carbocycles. The second kappa shape index (κ2) is 12.2. The number of hydrogen-bond acceptors (Lipinski definition) is 6. The quantitative estimate of drug-likeness (QED) is 0.757. The van der Waals surface area contributed by atoms with Gasteiger partial charge in [0, 0.05) is 43.8 Å². The Kier molecular flexibility index (Phi) is 9.32. The van der Waals surface area contributed by atoms with Crippen LogP contribution in [0, 0.1) is 5.41 Å². The Labute approximate surface area is 190 Å². The van der Waals surface area contributed by atoms with Crippen molar-refractivity contribution in [3.63, 3.8) is 0 Å². The fourth-order valence-corrected chi connectivity index (χ4v) is 4.42. The zero-order valence-electron chi connectivity index (χ0n) is 19.1. The topological polar surface area (TPSA) is 88.5 Å². The van der Waals surface area contributed by atoms with Crippen molar-refractivity contribution in [2.24, 2.45) is 5.41 Å². The highest BCUT2D eigenvalue weighted by atomic mass is 16.5. The predicted octanol–water partition coefficient (Wildman–Crippen LogP) is 2.41. The SMILES string of the molecule is CN1CCOCCCCC2(CCN(C(=O)COCC(=O)O)CC2)COc2ccccc2C1. The number of hydrogen-bond donors (Lipinski definition) is 1. The molecule has 1 fully saturated rings. The lowest BCUT2D eigenvalue weighted by atomic mass is 9.75. The van der Waals surface area contributed by atoms with Gasteiger partial charge in [-0.1, -0.05) is 24.6 Å². The predicted molar refractivity (Wildman–Crippen MR) is 120 cm³/mol. The van der Waals surface area contributed by atoms with Crippen molar-refractivity contribution in [1.29, 1.82) is 0 Å². The van der Waals surface area contributed by atoms with Crippen LogP contribution in [0.25, 0.3) is 0 Å². The summed E-state index contributed by atoms with van der Waals surface area (Å²) in [5, 5.41) is 8.67. The molecule has 1 spiro atoms. The summed E-state index contributed by atoms with van der Waals surface area (Å²) < 4.78 is 17.2. The van der Waals surface area contributed by atoms with E-state index in [9.17, 15) is 9.59 Å². The molecule has 2 heterocycles.